The minimum atomic E-state index is -0.346. The first-order chi connectivity index (χ1) is 16.5. The molecule has 0 spiro atoms. The second kappa shape index (κ2) is 8.99. The number of halogens is 1. The highest BCUT2D eigenvalue weighted by atomic mass is 32.1. The van der Waals surface area contributed by atoms with E-state index in [0.717, 1.165) is 16.1 Å². The zero-order chi connectivity index (χ0) is 23.7. The van der Waals surface area contributed by atoms with Gasteiger partial charge in [-0.25, -0.2) is 23.7 Å². The Hall–Kier alpha value is -4.18. The lowest BCUT2D eigenvalue weighted by atomic mass is 10.1. The molecule has 34 heavy (non-hydrogen) atoms. The van der Waals surface area contributed by atoms with Crippen molar-refractivity contribution in [2.75, 3.05) is 7.05 Å². The van der Waals surface area contributed by atoms with Gasteiger partial charge in [0.05, 0.1) is 22.3 Å². The van der Waals surface area contributed by atoms with E-state index in [1.807, 2.05) is 48.7 Å². The molecule has 0 saturated heterocycles. The van der Waals surface area contributed by atoms with Crippen molar-refractivity contribution in [2.24, 2.45) is 0 Å². The molecule has 1 unspecified atom stereocenters. The van der Waals surface area contributed by atoms with Crippen molar-refractivity contribution in [3.8, 4) is 22.1 Å². The summed E-state index contributed by atoms with van der Waals surface area (Å²) in [6.07, 6.45) is 3.11. The van der Waals surface area contributed by atoms with E-state index >= 15 is 0 Å². The lowest BCUT2D eigenvalue weighted by Gasteiger charge is -2.24. The standard InChI is InChI=1S/C24H20FN7OS/c1-16(17-5-9-19(10-6-17)31-15-26-14-27-31)30(2)24(33)22-28-23(21-4-3-13-34-21)32(29-22)20-11-7-18(25)8-12-20/h3-16H,1-2H3. The van der Waals surface area contributed by atoms with Crippen molar-refractivity contribution in [1.82, 2.24) is 34.4 Å². The van der Waals surface area contributed by atoms with E-state index in [-0.39, 0.29) is 23.6 Å². The van der Waals surface area contributed by atoms with Gasteiger partial charge in [-0.2, -0.15) is 5.10 Å². The summed E-state index contributed by atoms with van der Waals surface area (Å²) in [4.78, 5) is 24.3. The number of carbonyl (C=O) groups excluding carboxylic acids is 1. The molecule has 0 aliphatic rings. The molecule has 2 aromatic carbocycles. The Labute approximate surface area is 199 Å². The molecule has 8 nitrogen and oxygen atoms in total. The fourth-order valence-electron chi connectivity index (χ4n) is 3.53. The molecular formula is C24H20FN7OS. The summed E-state index contributed by atoms with van der Waals surface area (Å²) in [7, 11) is 1.72. The predicted molar refractivity (Wildman–Crippen MR) is 126 cm³/mol. The van der Waals surface area contributed by atoms with E-state index < -0.39 is 0 Å². The summed E-state index contributed by atoms with van der Waals surface area (Å²) in [6, 6.07) is 17.3. The maximum Gasteiger partial charge on any atom is 0.293 e. The average Bonchev–Trinajstić information content (AvgIpc) is 3.64. The topological polar surface area (TPSA) is 81.7 Å². The highest BCUT2D eigenvalue weighted by Crippen LogP contribution is 2.27. The Bertz CT molecular complexity index is 1400. The summed E-state index contributed by atoms with van der Waals surface area (Å²) in [5.74, 6) is -0.0581. The average molecular weight is 474 g/mol. The van der Waals surface area contributed by atoms with Crippen LogP contribution < -0.4 is 0 Å². The SMILES string of the molecule is CC(c1ccc(-n2cncn2)cc1)N(C)C(=O)c1nc(-c2cccs2)n(-c2ccc(F)cc2)n1. The number of hydrogen-bond acceptors (Lipinski definition) is 6. The van der Waals surface area contributed by atoms with Gasteiger partial charge in [0, 0.05) is 7.05 Å². The van der Waals surface area contributed by atoms with E-state index in [9.17, 15) is 9.18 Å². The first kappa shape index (κ1) is 21.7. The van der Waals surface area contributed by atoms with E-state index in [0.29, 0.717) is 11.5 Å². The van der Waals surface area contributed by atoms with Crippen LogP contribution >= 0.6 is 11.3 Å². The molecule has 0 bridgehead atoms. The van der Waals surface area contributed by atoms with Crippen LogP contribution in [0.5, 0.6) is 0 Å². The fraction of sp³-hybridized carbons (Fsp3) is 0.125. The van der Waals surface area contributed by atoms with Crippen molar-refractivity contribution in [3.63, 3.8) is 0 Å². The molecule has 3 heterocycles. The number of nitrogens with zero attached hydrogens (tertiary/aromatic N) is 7. The van der Waals surface area contributed by atoms with Crippen molar-refractivity contribution in [1.29, 1.82) is 0 Å². The maximum atomic E-state index is 13.5. The number of thiophene rings is 1. The van der Waals surface area contributed by atoms with Crippen LogP contribution in [0, 0.1) is 5.82 Å². The van der Waals surface area contributed by atoms with Gasteiger partial charge in [0.25, 0.3) is 5.91 Å². The second-order valence-corrected chi connectivity index (χ2v) is 8.60. The van der Waals surface area contributed by atoms with E-state index in [1.165, 1.54) is 29.8 Å². The maximum absolute atomic E-state index is 13.5. The van der Waals surface area contributed by atoms with Crippen LogP contribution in [-0.4, -0.2) is 47.4 Å². The number of carbonyl (C=O) groups is 1. The summed E-state index contributed by atoms with van der Waals surface area (Å²) >= 11 is 1.49. The lowest BCUT2D eigenvalue weighted by Crippen LogP contribution is -2.30. The molecule has 1 atom stereocenters. The molecule has 170 valence electrons. The quantitative estimate of drug-likeness (QED) is 0.361. The molecule has 5 rings (SSSR count). The van der Waals surface area contributed by atoms with Gasteiger partial charge >= 0.3 is 0 Å². The van der Waals surface area contributed by atoms with Crippen LogP contribution in [-0.2, 0) is 0 Å². The minimum absolute atomic E-state index is 0.0707. The highest BCUT2D eigenvalue weighted by Gasteiger charge is 2.25. The fourth-order valence-corrected chi connectivity index (χ4v) is 4.23. The molecular weight excluding hydrogens is 453 g/mol. The number of rotatable bonds is 6. The van der Waals surface area contributed by atoms with Gasteiger partial charge in [-0.05, 0) is 60.3 Å². The molecule has 10 heteroatoms. The Morgan fingerprint density at radius 3 is 2.44 bits per heavy atom. The molecule has 0 aliphatic carbocycles. The molecule has 0 aliphatic heterocycles. The summed E-state index contributed by atoms with van der Waals surface area (Å²) in [5, 5.41) is 10.5. The molecule has 1 amide bonds. The molecule has 0 saturated carbocycles. The zero-order valence-corrected chi connectivity index (χ0v) is 19.2. The number of benzene rings is 2. The summed E-state index contributed by atoms with van der Waals surface area (Å²) in [5.41, 5.74) is 2.45. The van der Waals surface area contributed by atoms with Crippen LogP contribution in [0.3, 0.4) is 0 Å². The Balaban J connectivity index is 1.43. The van der Waals surface area contributed by atoms with Gasteiger partial charge < -0.3 is 4.90 Å². The van der Waals surface area contributed by atoms with Gasteiger partial charge in [0.15, 0.2) is 5.82 Å². The van der Waals surface area contributed by atoms with Crippen molar-refractivity contribution < 1.29 is 9.18 Å². The first-order valence-electron chi connectivity index (χ1n) is 10.5. The molecule has 0 fully saturated rings. The normalized spacial score (nSPS) is 12.0. The molecule has 3 aromatic heterocycles. The van der Waals surface area contributed by atoms with Gasteiger partial charge in [-0.1, -0.05) is 18.2 Å². The van der Waals surface area contributed by atoms with Gasteiger partial charge in [0.1, 0.15) is 18.5 Å². The number of hydrogen-bond donors (Lipinski definition) is 0. The van der Waals surface area contributed by atoms with Gasteiger partial charge in [-0.15, -0.1) is 16.4 Å². The van der Waals surface area contributed by atoms with E-state index in [4.69, 9.17) is 0 Å². The largest absolute Gasteiger partial charge is 0.332 e. The summed E-state index contributed by atoms with van der Waals surface area (Å²) < 4.78 is 16.7. The third-order valence-corrected chi connectivity index (χ3v) is 6.44. The van der Waals surface area contributed by atoms with Crippen LogP contribution in [0.4, 0.5) is 4.39 Å². The van der Waals surface area contributed by atoms with Crippen molar-refractivity contribution in [2.45, 2.75) is 13.0 Å². The molecule has 5 aromatic rings. The number of amides is 1. The highest BCUT2D eigenvalue weighted by molar-refractivity contribution is 7.13. The van der Waals surface area contributed by atoms with Gasteiger partial charge in [0.2, 0.25) is 5.82 Å². The first-order valence-corrected chi connectivity index (χ1v) is 11.4. The van der Waals surface area contributed by atoms with Crippen LogP contribution in [0.1, 0.15) is 29.1 Å². The second-order valence-electron chi connectivity index (χ2n) is 7.65. The lowest BCUT2D eigenvalue weighted by molar-refractivity contribution is 0.0730. The molecule has 0 radical (unpaired) electrons. The van der Waals surface area contributed by atoms with Crippen LogP contribution in [0.2, 0.25) is 0 Å². The smallest absolute Gasteiger partial charge is 0.293 e. The molecule has 0 N–H and O–H groups in total. The Kier molecular flexibility index (Phi) is 5.72. The van der Waals surface area contributed by atoms with Crippen molar-refractivity contribution in [3.05, 3.63) is 95.9 Å². The minimum Gasteiger partial charge on any atom is -0.332 e. The van der Waals surface area contributed by atoms with Crippen molar-refractivity contribution >= 4 is 17.2 Å². The van der Waals surface area contributed by atoms with E-state index in [2.05, 4.69) is 20.2 Å². The monoisotopic (exact) mass is 473 g/mol. The zero-order valence-electron chi connectivity index (χ0n) is 18.4. The number of aromatic nitrogens is 6. The summed E-state index contributed by atoms with van der Waals surface area (Å²) in [6.45, 7) is 1.94. The van der Waals surface area contributed by atoms with E-state index in [1.54, 1.807) is 39.8 Å². The van der Waals surface area contributed by atoms with Crippen LogP contribution in [0.25, 0.3) is 22.1 Å². The van der Waals surface area contributed by atoms with Crippen LogP contribution in [0.15, 0.2) is 78.7 Å². The third kappa shape index (κ3) is 4.11. The Morgan fingerprint density at radius 2 is 1.79 bits per heavy atom. The third-order valence-electron chi connectivity index (χ3n) is 5.57. The Morgan fingerprint density at radius 1 is 1.06 bits per heavy atom. The van der Waals surface area contributed by atoms with Gasteiger partial charge in [-0.3, -0.25) is 4.79 Å². The predicted octanol–water partition coefficient (Wildman–Crippen LogP) is 4.55.